The molecule has 1 saturated carbocycles. The van der Waals surface area contributed by atoms with Gasteiger partial charge in [-0.25, -0.2) is 0 Å². The minimum absolute atomic E-state index is 0.515. The maximum absolute atomic E-state index is 5.69. The molecule has 0 unspecified atom stereocenters. The normalized spacial score (nSPS) is 39.8. The van der Waals surface area contributed by atoms with Crippen LogP contribution in [0.25, 0.3) is 0 Å². The highest BCUT2D eigenvalue weighted by molar-refractivity contribution is 14.1. The smallest absolute Gasteiger partial charge is 0.0111 e. The standard InChI is InChI=1S/C6H12IN/c7-5-1-3-6(8)4-2-5/h5-6H,1-4,8H2. The van der Waals surface area contributed by atoms with Gasteiger partial charge in [-0.15, -0.1) is 0 Å². The summed E-state index contributed by atoms with van der Waals surface area (Å²) in [5, 5.41) is 0. The molecule has 1 nitrogen and oxygen atoms in total. The van der Waals surface area contributed by atoms with Crippen LogP contribution in [0, 0.1) is 0 Å². The number of hydrogen-bond acceptors (Lipinski definition) is 1. The third-order valence-electron chi connectivity index (χ3n) is 1.70. The minimum atomic E-state index is 0.515. The van der Waals surface area contributed by atoms with Gasteiger partial charge >= 0.3 is 0 Å². The van der Waals surface area contributed by atoms with E-state index in [9.17, 15) is 0 Å². The van der Waals surface area contributed by atoms with E-state index < -0.39 is 0 Å². The van der Waals surface area contributed by atoms with E-state index in [4.69, 9.17) is 5.73 Å². The number of rotatable bonds is 0. The van der Waals surface area contributed by atoms with Gasteiger partial charge in [0.25, 0.3) is 0 Å². The molecule has 0 spiro atoms. The summed E-state index contributed by atoms with van der Waals surface area (Å²) < 4.78 is 0.910. The molecule has 1 rings (SSSR count). The zero-order valence-electron chi connectivity index (χ0n) is 4.94. The van der Waals surface area contributed by atoms with Crippen molar-refractivity contribution in [3.8, 4) is 0 Å². The fraction of sp³-hybridized carbons (Fsp3) is 1.00. The molecule has 1 aliphatic rings. The van der Waals surface area contributed by atoms with Crippen LogP contribution < -0.4 is 5.73 Å². The van der Waals surface area contributed by atoms with E-state index in [2.05, 4.69) is 22.6 Å². The van der Waals surface area contributed by atoms with E-state index in [0.29, 0.717) is 6.04 Å². The molecule has 1 fully saturated rings. The molecule has 48 valence electrons. The Kier molecular flexibility index (Phi) is 2.56. The molecule has 0 bridgehead atoms. The summed E-state index contributed by atoms with van der Waals surface area (Å²) in [4.78, 5) is 0. The fourth-order valence-electron chi connectivity index (χ4n) is 1.08. The Balaban J connectivity index is 2.19. The fourth-order valence-corrected chi connectivity index (χ4v) is 1.80. The van der Waals surface area contributed by atoms with Crippen LogP contribution in [0.2, 0.25) is 0 Å². The summed E-state index contributed by atoms with van der Waals surface area (Å²) in [6, 6.07) is 0.515. The molecule has 0 aromatic heterocycles. The van der Waals surface area contributed by atoms with Crippen LogP contribution in [0.15, 0.2) is 0 Å². The van der Waals surface area contributed by atoms with Crippen molar-refractivity contribution in [2.45, 2.75) is 35.6 Å². The molecule has 0 amide bonds. The van der Waals surface area contributed by atoms with Crippen LogP contribution in [0.1, 0.15) is 25.7 Å². The maximum Gasteiger partial charge on any atom is 0.0111 e. The molecule has 8 heavy (non-hydrogen) atoms. The van der Waals surface area contributed by atoms with E-state index in [0.717, 1.165) is 3.92 Å². The van der Waals surface area contributed by atoms with E-state index in [1.54, 1.807) is 0 Å². The van der Waals surface area contributed by atoms with Crippen molar-refractivity contribution in [2.24, 2.45) is 5.73 Å². The average molecular weight is 225 g/mol. The lowest BCUT2D eigenvalue weighted by atomic mass is 9.96. The van der Waals surface area contributed by atoms with Crippen molar-refractivity contribution in [3.63, 3.8) is 0 Å². The molecule has 2 N–H and O–H groups in total. The summed E-state index contributed by atoms with van der Waals surface area (Å²) in [6.07, 6.45) is 5.16. The minimum Gasteiger partial charge on any atom is -0.328 e. The lowest BCUT2D eigenvalue weighted by Crippen LogP contribution is -2.26. The highest BCUT2D eigenvalue weighted by Crippen LogP contribution is 2.22. The topological polar surface area (TPSA) is 26.0 Å². The molecular formula is C6H12IN. The Labute approximate surface area is 64.2 Å². The van der Waals surface area contributed by atoms with Gasteiger partial charge in [-0.1, -0.05) is 22.6 Å². The van der Waals surface area contributed by atoms with Crippen molar-refractivity contribution in [2.75, 3.05) is 0 Å². The first kappa shape index (κ1) is 6.81. The van der Waals surface area contributed by atoms with Gasteiger partial charge < -0.3 is 5.73 Å². The number of nitrogens with two attached hydrogens (primary N) is 1. The monoisotopic (exact) mass is 225 g/mol. The molecule has 0 aliphatic heterocycles. The quantitative estimate of drug-likeness (QED) is 0.492. The van der Waals surface area contributed by atoms with Crippen LogP contribution in [0.4, 0.5) is 0 Å². The van der Waals surface area contributed by atoms with Gasteiger partial charge in [0.2, 0.25) is 0 Å². The second-order valence-corrected chi connectivity index (χ2v) is 4.27. The summed E-state index contributed by atoms with van der Waals surface area (Å²) in [5.74, 6) is 0. The van der Waals surface area contributed by atoms with Gasteiger partial charge in [0.1, 0.15) is 0 Å². The predicted octanol–water partition coefficient (Wildman–Crippen LogP) is 1.69. The molecule has 0 saturated heterocycles. The summed E-state index contributed by atoms with van der Waals surface area (Å²) in [7, 11) is 0. The number of alkyl halides is 1. The van der Waals surface area contributed by atoms with E-state index in [-0.39, 0.29) is 0 Å². The average Bonchev–Trinajstić information content (AvgIpc) is 1.77. The van der Waals surface area contributed by atoms with Gasteiger partial charge in [0, 0.05) is 9.97 Å². The van der Waals surface area contributed by atoms with Crippen molar-refractivity contribution in [1.82, 2.24) is 0 Å². The van der Waals surface area contributed by atoms with Gasteiger partial charge in [-0.3, -0.25) is 0 Å². The lowest BCUT2D eigenvalue weighted by Gasteiger charge is -2.21. The Morgan fingerprint density at radius 1 is 1.12 bits per heavy atom. The largest absolute Gasteiger partial charge is 0.328 e. The third-order valence-corrected chi connectivity index (χ3v) is 2.95. The van der Waals surface area contributed by atoms with E-state index >= 15 is 0 Å². The SMILES string of the molecule is NC1CCC(I)CC1. The Morgan fingerprint density at radius 2 is 1.62 bits per heavy atom. The number of hydrogen-bond donors (Lipinski definition) is 1. The molecule has 2 heteroatoms. The molecular weight excluding hydrogens is 213 g/mol. The van der Waals surface area contributed by atoms with Gasteiger partial charge in [0.05, 0.1) is 0 Å². The first-order valence-corrected chi connectivity index (χ1v) is 4.43. The van der Waals surface area contributed by atoms with Crippen LogP contribution in [0.5, 0.6) is 0 Å². The van der Waals surface area contributed by atoms with Crippen LogP contribution in [0.3, 0.4) is 0 Å². The molecule has 0 radical (unpaired) electrons. The maximum atomic E-state index is 5.69. The lowest BCUT2D eigenvalue weighted by molar-refractivity contribution is 0.459. The van der Waals surface area contributed by atoms with Crippen molar-refractivity contribution >= 4 is 22.6 Å². The van der Waals surface area contributed by atoms with Crippen molar-refractivity contribution in [1.29, 1.82) is 0 Å². The number of halogens is 1. The zero-order valence-corrected chi connectivity index (χ0v) is 7.10. The summed E-state index contributed by atoms with van der Waals surface area (Å²) >= 11 is 2.51. The third kappa shape index (κ3) is 1.90. The van der Waals surface area contributed by atoms with Crippen LogP contribution >= 0.6 is 22.6 Å². The highest BCUT2D eigenvalue weighted by Gasteiger charge is 2.14. The van der Waals surface area contributed by atoms with Gasteiger partial charge in [-0.05, 0) is 25.7 Å². The first-order chi connectivity index (χ1) is 3.79. The second-order valence-electron chi connectivity index (χ2n) is 2.51. The molecule has 0 heterocycles. The highest BCUT2D eigenvalue weighted by atomic mass is 127. The van der Waals surface area contributed by atoms with E-state index in [1.807, 2.05) is 0 Å². The summed E-state index contributed by atoms with van der Waals surface area (Å²) in [6.45, 7) is 0. The predicted molar refractivity (Wildman–Crippen MR) is 44.3 cm³/mol. The Morgan fingerprint density at radius 3 is 2.00 bits per heavy atom. The Hall–Kier alpha value is 0.690. The van der Waals surface area contributed by atoms with E-state index in [1.165, 1.54) is 25.7 Å². The molecule has 1 aliphatic carbocycles. The zero-order chi connectivity index (χ0) is 5.98. The second kappa shape index (κ2) is 3.01. The molecule has 0 aromatic carbocycles. The van der Waals surface area contributed by atoms with Gasteiger partial charge in [0.15, 0.2) is 0 Å². The Bertz CT molecular complexity index is 56.9. The molecule has 0 atom stereocenters. The first-order valence-electron chi connectivity index (χ1n) is 3.18. The summed E-state index contributed by atoms with van der Waals surface area (Å²) in [5.41, 5.74) is 5.69. The molecule has 0 aromatic rings. The van der Waals surface area contributed by atoms with Crippen LogP contribution in [-0.2, 0) is 0 Å². The van der Waals surface area contributed by atoms with Crippen LogP contribution in [-0.4, -0.2) is 9.97 Å². The van der Waals surface area contributed by atoms with Crippen molar-refractivity contribution < 1.29 is 0 Å². The van der Waals surface area contributed by atoms with Crippen molar-refractivity contribution in [3.05, 3.63) is 0 Å². The van der Waals surface area contributed by atoms with Gasteiger partial charge in [-0.2, -0.15) is 0 Å².